The maximum absolute atomic E-state index is 12.0. The molecule has 0 spiro atoms. The Balaban J connectivity index is 1.96. The van der Waals surface area contributed by atoms with Gasteiger partial charge in [-0.3, -0.25) is 4.79 Å². The molecular weight excluding hydrogens is 252 g/mol. The molecule has 5 heteroatoms. The fourth-order valence-corrected chi connectivity index (χ4v) is 2.12. The van der Waals surface area contributed by atoms with Crippen LogP contribution in [0, 0.1) is 0 Å². The number of carbonyl (C=O) groups excluding carboxylic acids is 1. The molecule has 96 valence electrons. The summed E-state index contributed by atoms with van der Waals surface area (Å²) in [7, 11) is 0. The Morgan fingerprint density at radius 2 is 2.28 bits per heavy atom. The van der Waals surface area contributed by atoms with Gasteiger partial charge in [0.05, 0.1) is 22.8 Å². The quantitative estimate of drug-likeness (QED) is 0.914. The van der Waals surface area contributed by atoms with E-state index in [0.717, 1.165) is 12.1 Å². The predicted octanol–water partition coefficient (Wildman–Crippen LogP) is 2.62. The van der Waals surface area contributed by atoms with Crippen LogP contribution in [0.5, 0.6) is 0 Å². The molecule has 0 fully saturated rings. The number of nitrogens with zero attached hydrogens (tertiary/aromatic N) is 1. The summed E-state index contributed by atoms with van der Waals surface area (Å²) in [5, 5.41) is 7.16. The standard InChI is InChI=1S/C13H15ClN2O2/c1-9-7-13(2,18-16-9)8-15-12(17)10-5-3-4-6-11(10)14/h3-6H,7-8H2,1-2H3,(H,15,17)/t13-/m1/s1. The van der Waals surface area contributed by atoms with Crippen LogP contribution in [-0.4, -0.2) is 23.8 Å². The van der Waals surface area contributed by atoms with E-state index in [0.29, 0.717) is 17.1 Å². The van der Waals surface area contributed by atoms with Crippen LogP contribution >= 0.6 is 11.6 Å². The summed E-state index contributed by atoms with van der Waals surface area (Å²) in [6.07, 6.45) is 0.718. The predicted molar refractivity (Wildman–Crippen MR) is 71.0 cm³/mol. The number of halogens is 1. The van der Waals surface area contributed by atoms with Crippen molar-refractivity contribution in [2.75, 3.05) is 6.54 Å². The maximum Gasteiger partial charge on any atom is 0.252 e. The van der Waals surface area contributed by atoms with Crippen molar-refractivity contribution in [3.05, 3.63) is 34.9 Å². The van der Waals surface area contributed by atoms with E-state index in [1.807, 2.05) is 13.8 Å². The fourth-order valence-electron chi connectivity index (χ4n) is 1.90. The zero-order valence-corrected chi connectivity index (χ0v) is 11.1. The Morgan fingerprint density at radius 3 is 2.89 bits per heavy atom. The zero-order chi connectivity index (χ0) is 13.2. The summed E-state index contributed by atoms with van der Waals surface area (Å²) in [4.78, 5) is 17.3. The molecule has 0 aromatic heterocycles. The highest BCUT2D eigenvalue weighted by atomic mass is 35.5. The highest BCUT2D eigenvalue weighted by Crippen LogP contribution is 2.22. The van der Waals surface area contributed by atoms with E-state index >= 15 is 0 Å². The molecule has 1 heterocycles. The van der Waals surface area contributed by atoms with Crippen LogP contribution in [-0.2, 0) is 4.84 Å². The largest absolute Gasteiger partial charge is 0.387 e. The molecule has 1 atom stereocenters. The van der Waals surface area contributed by atoms with Crippen molar-refractivity contribution >= 4 is 23.2 Å². The monoisotopic (exact) mass is 266 g/mol. The second-order valence-electron chi connectivity index (χ2n) is 4.71. The lowest BCUT2D eigenvalue weighted by molar-refractivity contribution is -0.00181. The van der Waals surface area contributed by atoms with Crippen molar-refractivity contribution in [1.82, 2.24) is 5.32 Å². The summed E-state index contributed by atoms with van der Waals surface area (Å²) in [5.41, 5.74) is 0.948. The summed E-state index contributed by atoms with van der Waals surface area (Å²) < 4.78 is 0. The Kier molecular flexibility index (Phi) is 3.57. The van der Waals surface area contributed by atoms with Gasteiger partial charge in [0.1, 0.15) is 0 Å². The number of oxime groups is 1. The van der Waals surface area contributed by atoms with E-state index < -0.39 is 5.60 Å². The Bertz CT molecular complexity index is 502. The summed E-state index contributed by atoms with van der Waals surface area (Å²) in [6, 6.07) is 6.95. The lowest BCUT2D eigenvalue weighted by Gasteiger charge is -2.21. The van der Waals surface area contributed by atoms with Crippen LogP contribution in [0.1, 0.15) is 30.6 Å². The second-order valence-corrected chi connectivity index (χ2v) is 5.11. The van der Waals surface area contributed by atoms with Gasteiger partial charge in [0.2, 0.25) is 0 Å². The lowest BCUT2D eigenvalue weighted by Crippen LogP contribution is -2.40. The molecule has 0 saturated carbocycles. The average Bonchev–Trinajstić information content (AvgIpc) is 2.68. The molecule has 2 rings (SSSR count). The number of hydrogen-bond acceptors (Lipinski definition) is 3. The van der Waals surface area contributed by atoms with Crippen molar-refractivity contribution in [2.45, 2.75) is 25.9 Å². The molecule has 1 amide bonds. The zero-order valence-electron chi connectivity index (χ0n) is 10.4. The summed E-state index contributed by atoms with van der Waals surface area (Å²) >= 11 is 5.96. The third-order valence-electron chi connectivity index (χ3n) is 2.79. The first-order valence-electron chi connectivity index (χ1n) is 5.74. The van der Waals surface area contributed by atoms with E-state index in [4.69, 9.17) is 16.4 Å². The van der Waals surface area contributed by atoms with Gasteiger partial charge in [-0.25, -0.2) is 0 Å². The van der Waals surface area contributed by atoms with Crippen molar-refractivity contribution in [3.8, 4) is 0 Å². The first kappa shape index (κ1) is 12.9. The van der Waals surface area contributed by atoms with Crippen LogP contribution < -0.4 is 5.32 Å². The molecule has 4 nitrogen and oxygen atoms in total. The third-order valence-corrected chi connectivity index (χ3v) is 3.12. The van der Waals surface area contributed by atoms with Gasteiger partial charge in [0.15, 0.2) is 5.60 Å². The molecule has 1 N–H and O–H groups in total. The van der Waals surface area contributed by atoms with E-state index in [1.165, 1.54) is 0 Å². The van der Waals surface area contributed by atoms with Gasteiger partial charge in [0.25, 0.3) is 5.91 Å². The molecule has 1 aromatic rings. The second kappa shape index (κ2) is 4.98. The number of amides is 1. The summed E-state index contributed by atoms with van der Waals surface area (Å²) in [6.45, 7) is 4.22. The molecular formula is C13H15ClN2O2. The fraction of sp³-hybridized carbons (Fsp3) is 0.385. The van der Waals surface area contributed by atoms with Gasteiger partial charge < -0.3 is 10.2 Å². The highest BCUT2D eigenvalue weighted by Gasteiger charge is 2.33. The summed E-state index contributed by atoms with van der Waals surface area (Å²) in [5.74, 6) is -0.199. The van der Waals surface area contributed by atoms with Gasteiger partial charge in [-0.05, 0) is 26.0 Å². The molecule has 1 aliphatic rings. The normalized spacial score (nSPS) is 22.3. The molecule has 0 saturated heterocycles. The van der Waals surface area contributed by atoms with Gasteiger partial charge in [-0.15, -0.1) is 0 Å². The number of benzene rings is 1. The van der Waals surface area contributed by atoms with E-state index in [-0.39, 0.29) is 5.91 Å². The first-order chi connectivity index (χ1) is 8.50. The average molecular weight is 267 g/mol. The molecule has 1 aliphatic heterocycles. The Hall–Kier alpha value is -1.55. The van der Waals surface area contributed by atoms with Gasteiger partial charge in [0, 0.05) is 6.42 Å². The third kappa shape index (κ3) is 2.82. The maximum atomic E-state index is 12.0. The molecule has 0 unspecified atom stereocenters. The topological polar surface area (TPSA) is 50.7 Å². The first-order valence-corrected chi connectivity index (χ1v) is 6.12. The minimum Gasteiger partial charge on any atom is -0.387 e. The number of carbonyl (C=O) groups is 1. The Labute approximate surface area is 111 Å². The van der Waals surface area contributed by atoms with Crippen molar-refractivity contribution in [1.29, 1.82) is 0 Å². The van der Waals surface area contributed by atoms with E-state index in [9.17, 15) is 4.79 Å². The number of rotatable bonds is 3. The van der Waals surface area contributed by atoms with Crippen LogP contribution in [0.4, 0.5) is 0 Å². The molecule has 1 aromatic carbocycles. The van der Waals surface area contributed by atoms with Crippen LogP contribution in [0.2, 0.25) is 5.02 Å². The minimum atomic E-state index is -0.457. The molecule has 0 bridgehead atoms. The molecule has 18 heavy (non-hydrogen) atoms. The molecule has 0 radical (unpaired) electrons. The highest BCUT2D eigenvalue weighted by molar-refractivity contribution is 6.33. The number of nitrogens with one attached hydrogen (secondary N) is 1. The van der Waals surface area contributed by atoms with Gasteiger partial charge in [-0.2, -0.15) is 0 Å². The van der Waals surface area contributed by atoms with Crippen molar-refractivity contribution < 1.29 is 9.63 Å². The van der Waals surface area contributed by atoms with Gasteiger partial charge in [-0.1, -0.05) is 28.9 Å². The molecule has 0 aliphatic carbocycles. The van der Waals surface area contributed by atoms with E-state index in [1.54, 1.807) is 24.3 Å². The van der Waals surface area contributed by atoms with Gasteiger partial charge >= 0.3 is 0 Å². The van der Waals surface area contributed by atoms with Crippen molar-refractivity contribution in [2.24, 2.45) is 5.16 Å². The number of hydrogen-bond donors (Lipinski definition) is 1. The van der Waals surface area contributed by atoms with Crippen LogP contribution in [0.15, 0.2) is 29.4 Å². The Morgan fingerprint density at radius 1 is 1.56 bits per heavy atom. The SMILES string of the molecule is CC1=NO[C@@](C)(CNC(=O)c2ccccc2Cl)C1. The van der Waals surface area contributed by atoms with Crippen LogP contribution in [0.3, 0.4) is 0 Å². The van der Waals surface area contributed by atoms with E-state index in [2.05, 4.69) is 10.5 Å². The van der Waals surface area contributed by atoms with Crippen LogP contribution in [0.25, 0.3) is 0 Å². The lowest BCUT2D eigenvalue weighted by atomic mass is 10.0. The smallest absolute Gasteiger partial charge is 0.252 e. The van der Waals surface area contributed by atoms with Crippen molar-refractivity contribution in [3.63, 3.8) is 0 Å². The minimum absolute atomic E-state index is 0.199.